The van der Waals surface area contributed by atoms with Gasteiger partial charge in [0.2, 0.25) is 11.8 Å². The molecule has 3 rings (SSSR count). The lowest BCUT2D eigenvalue weighted by Crippen LogP contribution is -2.40. The Bertz CT molecular complexity index is 1270. The Balaban J connectivity index is 1.48. The molecular weight excluding hydrogens is 527 g/mol. The molecule has 0 spiro atoms. The van der Waals surface area contributed by atoms with Crippen LogP contribution in [0.3, 0.4) is 0 Å². The molecule has 39 heavy (non-hydrogen) atoms. The average molecular weight is 559 g/mol. The SMILES string of the molecule is COCCN(CC(=O)Nc1nc(CC(=O)NCCc2ccc(OC)c(OC)c2)cs1)C(=O)c1ccc(F)cc1. The van der Waals surface area contributed by atoms with Gasteiger partial charge >= 0.3 is 0 Å². The number of amides is 3. The van der Waals surface area contributed by atoms with Gasteiger partial charge in [-0.25, -0.2) is 9.37 Å². The smallest absolute Gasteiger partial charge is 0.254 e. The molecule has 0 fully saturated rings. The van der Waals surface area contributed by atoms with Crippen LogP contribution in [0.5, 0.6) is 11.5 Å². The minimum absolute atomic E-state index is 0.0569. The van der Waals surface area contributed by atoms with Crippen molar-refractivity contribution in [2.24, 2.45) is 0 Å². The van der Waals surface area contributed by atoms with E-state index in [1.165, 1.54) is 47.6 Å². The van der Waals surface area contributed by atoms with Crippen LogP contribution >= 0.6 is 11.3 Å². The van der Waals surface area contributed by atoms with E-state index in [-0.39, 0.29) is 37.6 Å². The second-order valence-corrected chi connectivity index (χ2v) is 9.24. The maximum absolute atomic E-state index is 13.2. The Labute approximate surface area is 230 Å². The van der Waals surface area contributed by atoms with Gasteiger partial charge < -0.3 is 29.7 Å². The molecule has 1 aromatic heterocycles. The molecule has 0 bridgehead atoms. The molecule has 0 aliphatic rings. The van der Waals surface area contributed by atoms with Crippen molar-refractivity contribution in [1.29, 1.82) is 0 Å². The Kier molecular flexibility index (Phi) is 11.2. The quantitative estimate of drug-likeness (QED) is 0.312. The first-order valence-electron chi connectivity index (χ1n) is 12.1. The molecule has 0 unspecified atom stereocenters. The van der Waals surface area contributed by atoms with Crippen LogP contribution in [0.4, 0.5) is 9.52 Å². The van der Waals surface area contributed by atoms with E-state index in [1.54, 1.807) is 19.6 Å². The van der Waals surface area contributed by atoms with Gasteiger partial charge in [0.1, 0.15) is 12.4 Å². The van der Waals surface area contributed by atoms with E-state index < -0.39 is 17.6 Å². The Morgan fingerprint density at radius 2 is 1.74 bits per heavy atom. The minimum Gasteiger partial charge on any atom is -0.493 e. The third-order valence-electron chi connectivity index (χ3n) is 5.60. The summed E-state index contributed by atoms with van der Waals surface area (Å²) in [6, 6.07) is 10.7. The molecule has 0 aliphatic carbocycles. The molecule has 3 amide bonds. The highest BCUT2D eigenvalue weighted by Crippen LogP contribution is 2.27. The number of rotatable bonds is 14. The lowest BCUT2D eigenvalue weighted by molar-refractivity contribution is -0.120. The van der Waals surface area contributed by atoms with E-state index in [4.69, 9.17) is 14.2 Å². The normalized spacial score (nSPS) is 10.6. The molecule has 2 N–H and O–H groups in total. The molecule has 1 heterocycles. The number of carbonyl (C=O) groups is 3. The van der Waals surface area contributed by atoms with E-state index in [2.05, 4.69) is 15.6 Å². The fraction of sp³-hybridized carbons (Fsp3) is 0.333. The number of nitrogens with zero attached hydrogens (tertiary/aromatic N) is 2. The highest BCUT2D eigenvalue weighted by molar-refractivity contribution is 7.13. The molecular formula is C27H31FN4O6S. The number of ether oxygens (including phenoxy) is 3. The van der Waals surface area contributed by atoms with Crippen LogP contribution in [0.15, 0.2) is 47.8 Å². The maximum atomic E-state index is 13.2. The van der Waals surface area contributed by atoms with Gasteiger partial charge in [-0.05, 0) is 48.4 Å². The van der Waals surface area contributed by atoms with Crippen molar-refractivity contribution >= 4 is 34.2 Å². The first kappa shape index (κ1) is 29.5. The third kappa shape index (κ3) is 9.04. The number of hydrogen-bond acceptors (Lipinski definition) is 8. The largest absolute Gasteiger partial charge is 0.493 e. The van der Waals surface area contributed by atoms with Crippen LogP contribution in [0.1, 0.15) is 21.6 Å². The monoisotopic (exact) mass is 558 g/mol. The van der Waals surface area contributed by atoms with E-state index in [9.17, 15) is 18.8 Å². The highest BCUT2D eigenvalue weighted by atomic mass is 32.1. The minimum atomic E-state index is -0.459. The van der Waals surface area contributed by atoms with Gasteiger partial charge in [-0.15, -0.1) is 11.3 Å². The summed E-state index contributed by atoms with van der Waals surface area (Å²) in [6.45, 7) is 0.585. The number of thiazole rings is 1. The summed E-state index contributed by atoms with van der Waals surface area (Å²) in [7, 11) is 4.63. The van der Waals surface area contributed by atoms with E-state index >= 15 is 0 Å². The second-order valence-electron chi connectivity index (χ2n) is 8.38. The number of aromatic nitrogens is 1. The fourth-order valence-electron chi connectivity index (χ4n) is 3.62. The number of methoxy groups -OCH3 is 3. The van der Waals surface area contributed by atoms with Gasteiger partial charge in [-0.3, -0.25) is 14.4 Å². The summed E-state index contributed by atoms with van der Waals surface area (Å²) < 4.78 is 28.8. The molecule has 12 heteroatoms. The van der Waals surface area contributed by atoms with Crippen molar-refractivity contribution in [1.82, 2.24) is 15.2 Å². The first-order valence-corrected chi connectivity index (χ1v) is 13.0. The average Bonchev–Trinajstić information content (AvgIpc) is 3.36. The van der Waals surface area contributed by atoms with Gasteiger partial charge in [0.05, 0.1) is 32.9 Å². The predicted octanol–water partition coefficient (Wildman–Crippen LogP) is 2.93. The summed E-state index contributed by atoms with van der Waals surface area (Å²) >= 11 is 1.18. The third-order valence-corrected chi connectivity index (χ3v) is 6.41. The number of hydrogen-bond donors (Lipinski definition) is 2. The van der Waals surface area contributed by atoms with Crippen LogP contribution in [0.25, 0.3) is 0 Å². The van der Waals surface area contributed by atoms with Gasteiger partial charge in [0.15, 0.2) is 16.6 Å². The van der Waals surface area contributed by atoms with Crippen LogP contribution in [-0.2, 0) is 27.2 Å². The molecule has 10 nitrogen and oxygen atoms in total. The standard InChI is InChI=1S/C27H31FN4O6S/c1-36-13-12-32(26(35)19-5-7-20(28)8-6-19)16-25(34)31-27-30-21(17-39-27)15-24(33)29-11-10-18-4-9-22(37-2)23(14-18)38-3/h4-9,14,17H,10-13,15-16H2,1-3H3,(H,29,33)(H,30,31,34). The summed E-state index contributed by atoms with van der Waals surface area (Å²) in [5, 5.41) is 7.53. The van der Waals surface area contributed by atoms with E-state index in [0.717, 1.165) is 5.56 Å². The number of benzene rings is 2. The number of carbonyl (C=O) groups excluding carboxylic acids is 3. The van der Waals surface area contributed by atoms with Crippen molar-refractivity contribution in [2.75, 3.05) is 52.9 Å². The fourth-order valence-corrected chi connectivity index (χ4v) is 4.34. The molecule has 208 valence electrons. The Morgan fingerprint density at radius 3 is 2.44 bits per heavy atom. The molecule has 0 saturated heterocycles. The molecule has 0 saturated carbocycles. The second kappa shape index (κ2) is 14.8. The van der Waals surface area contributed by atoms with Crippen molar-refractivity contribution in [3.8, 4) is 11.5 Å². The van der Waals surface area contributed by atoms with Crippen molar-refractivity contribution in [3.05, 3.63) is 70.5 Å². The first-order chi connectivity index (χ1) is 18.8. The highest BCUT2D eigenvalue weighted by Gasteiger charge is 2.20. The van der Waals surface area contributed by atoms with Crippen molar-refractivity contribution < 1.29 is 33.0 Å². The molecule has 0 atom stereocenters. The van der Waals surface area contributed by atoms with Crippen LogP contribution in [-0.4, -0.2) is 75.2 Å². The van der Waals surface area contributed by atoms with Crippen molar-refractivity contribution in [3.63, 3.8) is 0 Å². The topological polar surface area (TPSA) is 119 Å². The van der Waals surface area contributed by atoms with Crippen LogP contribution < -0.4 is 20.1 Å². The zero-order chi connectivity index (χ0) is 28.2. The van der Waals surface area contributed by atoms with Gasteiger partial charge in [0, 0.05) is 31.1 Å². The molecule has 0 aliphatic heterocycles. The molecule has 0 radical (unpaired) electrons. The van der Waals surface area contributed by atoms with Crippen LogP contribution in [0, 0.1) is 5.82 Å². The number of halogens is 1. The Hall–Kier alpha value is -4.03. The molecule has 2 aromatic carbocycles. The van der Waals surface area contributed by atoms with Gasteiger partial charge in [-0.1, -0.05) is 6.07 Å². The van der Waals surface area contributed by atoms with Gasteiger partial charge in [0.25, 0.3) is 5.91 Å². The summed E-state index contributed by atoms with van der Waals surface area (Å²) in [5.41, 5.74) is 1.76. The predicted molar refractivity (Wildman–Crippen MR) is 145 cm³/mol. The zero-order valence-electron chi connectivity index (χ0n) is 22.0. The summed E-state index contributed by atoms with van der Waals surface area (Å²) in [6.07, 6.45) is 0.669. The number of nitrogens with one attached hydrogen (secondary N) is 2. The zero-order valence-corrected chi connectivity index (χ0v) is 22.8. The number of anilines is 1. The van der Waals surface area contributed by atoms with Crippen molar-refractivity contribution in [2.45, 2.75) is 12.8 Å². The lowest BCUT2D eigenvalue weighted by Gasteiger charge is -2.21. The Morgan fingerprint density at radius 1 is 1.00 bits per heavy atom. The maximum Gasteiger partial charge on any atom is 0.254 e. The van der Waals surface area contributed by atoms with Crippen LogP contribution in [0.2, 0.25) is 0 Å². The molecule has 3 aromatic rings. The summed E-state index contributed by atoms with van der Waals surface area (Å²) in [5.74, 6) is -0.277. The lowest BCUT2D eigenvalue weighted by atomic mass is 10.1. The van der Waals surface area contributed by atoms with E-state index in [0.29, 0.717) is 35.3 Å². The van der Waals surface area contributed by atoms with Gasteiger partial charge in [-0.2, -0.15) is 0 Å². The summed E-state index contributed by atoms with van der Waals surface area (Å²) in [4.78, 5) is 43.4. The van der Waals surface area contributed by atoms with E-state index in [1.807, 2.05) is 18.2 Å².